The number of aliphatic hydroxyl groups is 2. The number of non-ortho nitro benzene ring substituents is 1. The lowest BCUT2D eigenvalue weighted by atomic mass is 9.82. The summed E-state index contributed by atoms with van der Waals surface area (Å²) in [7, 11) is 0. The zero-order valence-corrected chi connectivity index (χ0v) is 20.2. The van der Waals surface area contributed by atoms with E-state index >= 15 is 0 Å². The first-order valence-electron chi connectivity index (χ1n) is 11.8. The molecule has 3 aromatic rings. The van der Waals surface area contributed by atoms with Crippen molar-refractivity contribution in [2.45, 2.75) is 25.5 Å². The molecule has 0 aliphatic carbocycles. The molecule has 0 fully saturated rings. The Balaban J connectivity index is 1.59. The third-order valence-electron chi connectivity index (χ3n) is 6.43. The summed E-state index contributed by atoms with van der Waals surface area (Å²) in [5.74, 6) is -1.54. The van der Waals surface area contributed by atoms with Crippen molar-refractivity contribution in [2.24, 2.45) is 5.92 Å². The second-order valence-corrected chi connectivity index (χ2v) is 8.86. The van der Waals surface area contributed by atoms with Crippen LogP contribution in [-0.2, 0) is 16.9 Å². The number of anilines is 2. The molecule has 9 nitrogen and oxygen atoms in total. The van der Waals surface area contributed by atoms with Crippen LogP contribution in [0.5, 0.6) is 0 Å². The number of carbonyl (C=O) groups excluding carboxylic acids is 2. The summed E-state index contributed by atoms with van der Waals surface area (Å²) in [5, 5.41) is 34.9. The number of nitrogens with zero attached hydrogens (tertiary/aromatic N) is 2. The Morgan fingerprint density at radius 3 is 2.49 bits per heavy atom. The summed E-state index contributed by atoms with van der Waals surface area (Å²) in [4.78, 5) is 38.2. The molecule has 0 bridgehead atoms. The molecule has 0 radical (unpaired) electrons. The smallest absolute Gasteiger partial charge is 0.269 e. The number of aliphatic hydroxyl groups excluding tert-OH is 1. The minimum atomic E-state index is -2.00. The van der Waals surface area contributed by atoms with Gasteiger partial charge < -0.3 is 20.4 Å². The van der Waals surface area contributed by atoms with Crippen molar-refractivity contribution in [3.63, 3.8) is 0 Å². The largest absolute Gasteiger partial charge is 0.396 e. The molecule has 1 aliphatic heterocycles. The van der Waals surface area contributed by atoms with Crippen molar-refractivity contribution in [1.82, 2.24) is 0 Å². The molecule has 3 aromatic carbocycles. The Bertz CT molecular complexity index is 1340. The first kappa shape index (κ1) is 25.7. The normalized spacial score (nSPS) is 17.6. The molecule has 0 unspecified atom stereocenters. The minimum absolute atomic E-state index is 0.0778. The maximum Gasteiger partial charge on any atom is 0.269 e. The van der Waals surface area contributed by atoms with Gasteiger partial charge in [-0.05, 0) is 42.3 Å². The van der Waals surface area contributed by atoms with Gasteiger partial charge >= 0.3 is 0 Å². The van der Waals surface area contributed by atoms with Gasteiger partial charge in [-0.15, -0.1) is 0 Å². The van der Waals surface area contributed by atoms with Crippen molar-refractivity contribution in [3.8, 4) is 0 Å². The Morgan fingerprint density at radius 2 is 1.84 bits per heavy atom. The van der Waals surface area contributed by atoms with E-state index in [1.165, 1.54) is 23.1 Å². The van der Waals surface area contributed by atoms with Crippen LogP contribution in [0.1, 0.15) is 34.8 Å². The van der Waals surface area contributed by atoms with Gasteiger partial charge in [0, 0.05) is 41.5 Å². The first-order valence-corrected chi connectivity index (χ1v) is 11.8. The summed E-state index contributed by atoms with van der Waals surface area (Å²) in [5.41, 5.74) is 0.181. The van der Waals surface area contributed by atoms with Gasteiger partial charge in [-0.25, -0.2) is 0 Å². The SMILES string of the molecule is C[C@H](/C=C/CCO)[C@@]1(O)C(=O)N(Cc2ccc(NC(=O)c3ccccc3)cc2)c2ccc([N+](=O)[O-])cc21. The highest BCUT2D eigenvalue weighted by Gasteiger charge is 2.53. The van der Waals surface area contributed by atoms with Crippen LogP contribution in [0.3, 0.4) is 0 Å². The monoisotopic (exact) mass is 501 g/mol. The molecule has 2 amide bonds. The number of hydrogen-bond donors (Lipinski definition) is 3. The van der Waals surface area contributed by atoms with E-state index in [0.29, 0.717) is 23.4 Å². The Kier molecular flexibility index (Phi) is 7.47. The maximum atomic E-state index is 13.6. The highest BCUT2D eigenvalue weighted by Crippen LogP contribution is 2.47. The Hall–Kier alpha value is -4.34. The molecule has 0 spiro atoms. The summed E-state index contributed by atoms with van der Waals surface area (Å²) in [6.07, 6.45) is 3.65. The fourth-order valence-electron chi connectivity index (χ4n) is 4.39. The molecule has 37 heavy (non-hydrogen) atoms. The van der Waals surface area contributed by atoms with Gasteiger partial charge in [-0.2, -0.15) is 0 Å². The average molecular weight is 502 g/mol. The molecule has 9 heteroatoms. The Labute approximate surface area is 213 Å². The van der Waals surface area contributed by atoms with E-state index in [1.807, 2.05) is 6.07 Å². The van der Waals surface area contributed by atoms with Gasteiger partial charge in [0.1, 0.15) is 0 Å². The van der Waals surface area contributed by atoms with Crippen molar-refractivity contribution < 1.29 is 24.7 Å². The van der Waals surface area contributed by atoms with E-state index in [4.69, 9.17) is 5.11 Å². The van der Waals surface area contributed by atoms with E-state index in [0.717, 1.165) is 5.56 Å². The molecular weight excluding hydrogens is 474 g/mol. The lowest BCUT2D eigenvalue weighted by molar-refractivity contribution is -0.385. The number of fused-ring (bicyclic) bond motifs is 1. The number of nitro benzene ring substituents is 1. The molecule has 3 N–H and O–H groups in total. The van der Waals surface area contributed by atoms with Gasteiger partial charge in [-0.1, -0.05) is 49.4 Å². The number of nitrogens with one attached hydrogen (secondary N) is 1. The van der Waals surface area contributed by atoms with Crippen molar-refractivity contribution in [2.75, 3.05) is 16.8 Å². The quantitative estimate of drug-likeness (QED) is 0.229. The van der Waals surface area contributed by atoms with E-state index in [2.05, 4.69) is 5.32 Å². The van der Waals surface area contributed by atoms with Crippen LogP contribution >= 0.6 is 0 Å². The van der Waals surface area contributed by atoms with Crippen LogP contribution < -0.4 is 10.2 Å². The van der Waals surface area contributed by atoms with E-state index in [1.54, 1.807) is 67.6 Å². The van der Waals surface area contributed by atoms with E-state index in [-0.39, 0.29) is 30.3 Å². The fourth-order valence-corrected chi connectivity index (χ4v) is 4.39. The number of carbonyl (C=O) groups is 2. The van der Waals surface area contributed by atoms with Crippen molar-refractivity contribution in [1.29, 1.82) is 0 Å². The van der Waals surface area contributed by atoms with Crippen LogP contribution in [0.15, 0.2) is 84.9 Å². The number of nitro groups is 1. The molecule has 4 rings (SSSR count). The molecule has 1 aliphatic rings. The standard InChI is InChI=1S/C28H27N3O6/c1-19(7-5-6-16-32)28(35)24-17-23(31(36)37)14-15-25(24)30(27(28)34)18-20-10-12-22(13-11-20)29-26(33)21-8-3-2-4-9-21/h2-5,7-15,17,19,32,35H,6,16,18H2,1H3,(H,29,33)/b7-5+/t19-,28+/m1/s1. The van der Waals surface area contributed by atoms with Crippen molar-refractivity contribution >= 4 is 28.9 Å². The van der Waals surface area contributed by atoms with E-state index in [9.17, 15) is 24.8 Å². The summed E-state index contributed by atoms with van der Waals surface area (Å²) < 4.78 is 0. The van der Waals surface area contributed by atoms with Crippen LogP contribution in [0, 0.1) is 16.0 Å². The highest BCUT2D eigenvalue weighted by atomic mass is 16.6. The van der Waals surface area contributed by atoms with Gasteiger partial charge in [0.05, 0.1) is 17.2 Å². The lowest BCUT2D eigenvalue weighted by Gasteiger charge is -2.27. The van der Waals surface area contributed by atoms with Gasteiger partial charge in [0.25, 0.3) is 17.5 Å². The van der Waals surface area contributed by atoms with Crippen molar-refractivity contribution in [3.05, 3.63) is 112 Å². The van der Waals surface area contributed by atoms with Crippen LogP contribution in [0.4, 0.5) is 17.1 Å². The second-order valence-electron chi connectivity index (χ2n) is 8.86. The van der Waals surface area contributed by atoms with Gasteiger partial charge in [0.15, 0.2) is 5.60 Å². The third-order valence-corrected chi connectivity index (χ3v) is 6.43. The summed E-state index contributed by atoms with van der Waals surface area (Å²) in [6.45, 7) is 1.69. The predicted octanol–water partition coefficient (Wildman–Crippen LogP) is 4.16. The zero-order valence-electron chi connectivity index (χ0n) is 20.2. The zero-order chi connectivity index (χ0) is 26.6. The second kappa shape index (κ2) is 10.7. The minimum Gasteiger partial charge on any atom is -0.396 e. The summed E-state index contributed by atoms with van der Waals surface area (Å²) in [6, 6.07) is 19.8. The Morgan fingerprint density at radius 1 is 1.14 bits per heavy atom. The van der Waals surface area contributed by atoms with Crippen LogP contribution in [0.25, 0.3) is 0 Å². The molecule has 0 aromatic heterocycles. The van der Waals surface area contributed by atoms with Gasteiger partial charge in [0.2, 0.25) is 0 Å². The average Bonchev–Trinajstić information content (AvgIpc) is 3.12. The number of amides is 2. The molecule has 0 saturated carbocycles. The van der Waals surface area contributed by atoms with Crippen LogP contribution in [-0.4, -0.2) is 33.6 Å². The third kappa shape index (κ3) is 5.13. The predicted molar refractivity (Wildman–Crippen MR) is 139 cm³/mol. The molecule has 1 heterocycles. The molecule has 0 saturated heterocycles. The highest BCUT2D eigenvalue weighted by molar-refractivity contribution is 6.07. The number of benzene rings is 3. The lowest BCUT2D eigenvalue weighted by Crippen LogP contribution is -2.44. The molecular formula is C28H27N3O6. The number of rotatable bonds is 9. The van der Waals surface area contributed by atoms with E-state index < -0.39 is 22.3 Å². The van der Waals surface area contributed by atoms with Crippen LogP contribution in [0.2, 0.25) is 0 Å². The first-order chi connectivity index (χ1) is 17.8. The topological polar surface area (TPSA) is 133 Å². The molecule has 2 atom stereocenters. The number of hydrogen-bond acceptors (Lipinski definition) is 6. The molecule has 190 valence electrons. The van der Waals surface area contributed by atoms with Gasteiger partial charge in [-0.3, -0.25) is 19.7 Å². The maximum absolute atomic E-state index is 13.6. The summed E-state index contributed by atoms with van der Waals surface area (Å²) >= 11 is 0. The fraction of sp³-hybridized carbons (Fsp3) is 0.214.